The van der Waals surface area contributed by atoms with E-state index in [4.69, 9.17) is 11.6 Å². The summed E-state index contributed by atoms with van der Waals surface area (Å²) in [6.45, 7) is 1.77. The molecule has 0 bridgehead atoms. The van der Waals surface area contributed by atoms with Gasteiger partial charge in [-0.3, -0.25) is 9.79 Å². The lowest BCUT2D eigenvalue weighted by molar-refractivity contribution is -0.116. The molecule has 2 heterocycles. The monoisotopic (exact) mass is 273 g/mol. The Labute approximate surface area is 115 Å². The number of amides is 1. The minimum Gasteiger partial charge on any atom is -0.360 e. The highest BCUT2D eigenvalue weighted by Gasteiger charge is 2.23. The number of aromatic amines is 1. The average molecular weight is 274 g/mol. The van der Waals surface area contributed by atoms with Gasteiger partial charge in [-0.1, -0.05) is 11.6 Å². The van der Waals surface area contributed by atoms with Gasteiger partial charge in [0.2, 0.25) is 5.91 Å². The van der Waals surface area contributed by atoms with Crippen molar-refractivity contribution < 1.29 is 4.79 Å². The van der Waals surface area contributed by atoms with Gasteiger partial charge in [0.25, 0.3) is 0 Å². The number of fused-ring (bicyclic) bond motifs is 1. The minimum atomic E-state index is -0.440. The topological polar surface area (TPSA) is 57.2 Å². The maximum absolute atomic E-state index is 11.9. The Morgan fingerprint density at radius 2 is 2.16 bits per heavy atom. The second-order valence-electron chi connectivity index (χ2n) is 4.42. The summed E-state index contributed by atoms with van der Waals surface area (Å²) in [6, 6.07) is 8.74. The van der Waals surface area contributed by atoms with E-state index in [-0.39, 0.29) is 5.91 Å². The molecule has 19 heavy (non-hydrogen) atoms. The number of aromatic nitrogens is 1. The quantitative estimate of drug-likeness (QED) is 0.825. The predicted octanol–water partition coefficient (Wildman–Crippen LogP) is 2.85. The Morgan fingerprint density at radius 3 is 2.89 bits per heavy atom. The molecule has 1 aromatic carbocycles. The molecule has 0 saturated carbocycles. The molecule has 1 aliphatic rings. The normalized spacial score (nSPS) is 18.3. The number of hydrogen-bond acceptors (Lipinski definition) is 2. The fourth-order valence-electron chi connectivity index (χ4n) is 2.07. The van der Waals surface area contributed by atoms with E-state index < -0.39 is 6.04 Å². The number of H-pyrrole nitrogens is 1. The van der Waals surface area contributed by atoms with Gasteiger partial charge in [-0.15, -0.1) is 0 Å². The molecular weight excluding hydrogens is 262 g/mol. The van der Waals surface area contributed by atoms with Crippen molar-refractivity contribution in [1.29, 1.82) is 0 Å². The van der Waals surface area contributed by atoms with Gasteiger partial charge in [0.15, 0.2) is 0 Å². The van der Waals surface area contributed by atoms with Gasteiger partial charge in [0.1, 0.15) is 6.04 Å². The van der Waals surface area contributed by atoms with Crippen LogP contribution in [0.1, 0.15) is 18.2 Å². The van der Waals surface area contributed by atoms with Crippen molar-refractivity contribution in [3.63, 3.8) is 0 Å². The second kappa shape index (κ2) is 4.55. The molecular formula is C14H12ClN3O. The van der Waals surface area contributed by atoms with Crippen LogP contribution in [0.15, 0.2) is 41.5 Å². The Hall–Kier alpha value is -2.07. The Kier molecular flexibility index (Phi) is 2.87. The number of benzodiazepines with no additional fused rings is 1. The molecule has 2 aromatic rings. The summed E-state index contributed by atoms with van der Waals surface area (Å²) in [6.07, 6.45) is 1.83. The van der Waals surface area contributed by atoms with Crippen molar-refractivity contribution in [3.05, 3.63) is 52.8 Å². The zero-order valence-electron chi connectivity index (χ0n) is 10.3. The number of carbonyl (C=O) groups excluding carboxylic acids is 1. The second-order valence-corrected chi connectivity index (χ2v) is 4.85. The highest BCUT2D eigenvalue weighted by atomic mass is 35.5. The first kappa shape index (κ1) is 12.0. The van der Waals surface area contributed by atoms with Crippen LogP contribution in [0.3, 0.4) is 0 Å². The fraction of sp³-hybridized carbons (Fsp3) is 0.143. The minimum absolute atomic E-state index is 0.120. The van der Waals surface area contributed by atoms with Crippen molar-refractivity contribution in [2.45, 2.75) is 13.0 Å². The summed E-state index contributed by atoms with van der Waals surface area (Å²) in [7, 11) is 0. The summed E-state index contributed by atoms with van der Waals surface area (Å²) in [5.74, 6) is -0.120. The first-order valence-electron chi connectivity index (χ1n) is 5.97. The summed E-state index contributed by atoms with van der Waals surface area (Å²) < 4.78 is 0. The summed E-state index contributed by atoms with van der Waals surface area (Å²) in [4.78, 5) is 19.5. The third-order valence-corrected chi connectivity index (χ3v) is 3.28. The van der Waals surface area contributed by atoms with Gasteiger partial charge in [-0.25, -0.2) is 0 Å². The lowest BCUT2D eigenvalue weighted by Gasteiger charge is -2.09. The van der Waals surface area contributed by atoms with E-state index in [1.807, 2.05) is 24.4 Å². The van der Waals surface area contributed by atoms with Crippen LogP contribution in [0, 0.1) is 0 Å². The molecule has 1 aromatic heterocycles. The summed E-state index contributed by atoms with van der Waals surface area (Å²) >= 11 is 6.05. The maximum Gasteiger partial charge on any atom is 0.248 e. The molecule has 4 nitrogen and oxygen atoms in total. The lowest BCUT2D eigenvalue weighted by atomic mass is 10.1. The molecule has 1 aliphatic heterocycles. The standard InChI is InChI=1S/C14H12ClN3O/c1-8-14(19)18-11-5-4-9(15)7-10(11)13(17-8)12-3-2-6-16-12/h2-8,16H,1H3,(H,18,19). The number of benzene rings is 1. The maximum atomic E-state index is 11.9. The van der Waals surface area contributed by atoms with E-state index in [0.29, 0.717) is 5.02 Å². The number of aliphatic imine (C=N–C) groups is 1. The fourth-order valence-corrected chi connectivity index (χ4v) is 2.24. The molecule has 0 saturated heterocycles. The van der Waals surface area contributed by atoms with Crippen LogP contribution in [-0.2, 0) is 4.79 Å². The molecule has 0 fully saturated rings. The zero-order valence-corrected chi connectivity index (χ0v) is 11.0. The molecule has 2 N–H and O–H groups in total. The van der Waals surface area contributed by atoms with E-state index in [1.165, 1.54) is 0 Å². The number of rotatable bonds is 1. The van der Waals surface area contributed by atoms with Crippen LogP contribution >= 0.6 is 11.6 Å². The van der Waals surface area contributed by atoms with Gasteiger partial charge in [0.05, 0.1) is 17.1 Å². The summed E-state index contributed by atoms with van der Waals surface area (Å²) in [5.41, 5.74) is 3.17. The van der Waals surface area contributed by atoms with Crippen LogP contribution in [0.2, 0.25) is 5.02 Å². The number of carbonyl (C=O) groups is 1. The average Bonchev–Trinajstić information content (AvgIpc) is 2.87. The van der Waals surface area contributed by atoms with E-state index >= 15 is 0 Å². The first-order valence-corrected chi connectivity index (χ1v) is 6.35. The van der Waals surface area contributed by atoms with Crippen molar-refractivity contribution >= 4 is 28.9 Å². The van der Waals surface area contributed by atoms with E-state index in [0.717, 1.165) is 22.7 Å². The van der Waals surface area contributed by atoms with Crippen LogP contribution < -0.4 is 5.32 Å². The molecule has 96 valence electrons. The molecule has 1 atom stereocenters. The number of nitrogens with zero attached hydrogens (tertiary/aromatic N) is 1. The van der Waals surface area contributed by atoms with Crippen molar-refractivity contribution in [2.75, 3.05) is 5.32 Å². The van der Waals surface area contributed by atoms with E-state index in [1.54, 1.807) is 19.1 Å². The predicted molar refractivity (Wildman–Crippen MR) is 76.0 cm³/mol. The number of nitrogens with one attached hydrogen (secondary N) is 2. The van der Waals surface area contributed by atoms with Crippen molar-refractivity contribution in [3.8, 4) is 0 Å². The van der Waals surface area contributed by atoms with Gasteiger partial charge in [-0.05, 0) is 37.3 Å². The molecule has 0 radical (unpaired) electrons. The third kappa shape index (κ3) is 2.15. The number of halogens is 1. The highest BCUT2D eigenvalue weighted by Crippen LogP contribution is 2.26. The van der Waals surface area contributed by atoms with Crippen LogP contribution in [-0.4, -0.2) is 22.6 Å². The molecule has 5 heteroatoms. The first-order chi connectivity index (χ1) is 9.15. The molecule has 3 rings (SSSR count). The molecule has 0 aliphatic carbocycles. The summed E-state index contributed by atoms with van der Waals surface area (Å²) in [5, 5.41) is 3.48. The lowest BCUT2D eigenvalue weighted by Crippen LogP contribution is -2.22. The van der Waals surface area contributed by atoms with Gasteiger partial charge >= 0.3 is 0 Å². The number of hydrogen-bond donors (Lipinski definition) is 2. The third-order valence-electron chi connectivity index (χ3n) is 3.05. The van der Waals surface area contributed by atoms with Crippen molar-refractivity contribution in [1.82, 2.24) is 4.98 Å². The highest BCUT2D eigenvalue weighted by molar-refractivity contribution is 6.31. The Balaban J connectivity index is 2.23. The van der Waals surface area contributed by atoms with Crippen LogP contribution in [0.4, 0.5) is 5.69 Å². The smallest absolute Gasteiger partial charge is 0.248 e. The van der Waals surface area contributed by atoms with Gasteiger partial charge in [-0.2, -0.15) is 0 Å². The molecule has 1 unspecified atom stereocenters. The number of anilines is 1. The van der Waals surface area contributed by atoms with E-state index in [2.05, 4.69) is 15.3 Å². The van der Waals surface area contributed by atoms with Gasteiger partial charge in [0, 0.05) is 16.8 Å². The van der Waals surface area contributed by atoms with Gasteiger partial charge < -0.3 is 10.3 Å². The Bertz CT molecular complexity index is 661. The molecule has 0 spiro atoms. The largest absolute Gasteiger partial charge is 0.360 e. The molecule has 1 amide bonds. The van der Waals surface area contributed by atoms with Crippen molar-refractivity contribution in [2.24, 2.45) is 4.99 Å². The van der Waals surface area contributed by atoms with E-state index in [9.17, 15) is 4.79 Å². The zero-order chi connectivity index (χ0) is 13.4. The van der Waals surface area contributed by atoms with Crippen LogP contribution in [0.25, 0.3) is 0 Å². The SMILES string of the molecule is CC1N=C(c2ccc[nH]2)c2cc(Cl)ccc2NC1=O. The Morgan fingerprint density at radius 1 is 1.32 bits per heavy atom. The van der Waals surface area contributed by atoms with Crippen LogP contribution in [0.5, 0.6) is 0 Å².